The van der Waals surface area contributed by atoms with Gasteiger partial charge in [0, 0.05) is 6.54 Å². The summed E-state index contributed by atoms with van der Waals surface area (Å²) in [5, 5.41) is 12.6. The van der Waals surface area contributed by atoms with Crippen molar-refractivity contribution in [2.75, 3.05) is 0 Å². The minimum absolute atomic E-state index is 0.432. The Kier molecular flexibility index (Phi) is 1.78. The molecule has 1 aliphatic carbocycles. The van der Waals surface area contributed by atoms with E-state index in [9.17, 15) is 0 Å². The molecule has 1 fully saturated rings. The normalized spacial score (nSPS) is 16.9. The molecule has 4 heteroatoms. The van der Waals surface area contributed by atoms with Gasteiger partial charge in [0.05, 0.1) is 0 Å². The molecule has 4 nitrogen and oxygen atoms in total. The summed E-state index contributed by atoms with van der Waals surface area (Å²) in [4.78, 5) is 3.84. The van der Waals surface area contributed by atoms with E-state index in [1.165, 1.54) is 25.6 Å². The van der Waals surface area contributed by atoms with Gasteiger partial charge in [0.1, 0.15) is 12.4 Å². The van der Waals surface area contributed by atoms with Gasteiger partial charge in [-0.2, -0.15) is 10.4 Å². The Bertz CT molecular complexity index is 305. The second-order valence-corrected chi connectivity index (χ2v) is 3.17. The highest BCUT2D eigenvalue weighted by atomic mass is 15.3. The molecule has 0 aliphatic heterocycles. The molecule has 62 valence electrons. The van der Waals surface area contributed by atoms with Gasteiger partial charge in [-0.3, -0.25) is 0 Å². The Balaban J connectivity index is 2.06. The molecule has 0 aromatic carbocycles. The van der Waals surface area contributed by atoms with Gasteiger partial charge in [0.2, 0.25) is 5.82 Å². The van der Waals surface area contributed by atoms with Crippen LogP contribution in [-0.2, 0) is 6.54 Å². The van der Waals surface area contributed by atoms with Crippen molar-refractivity contribution in [3.63, 3.8) is 0 Å². The third-order valence-corrected chi connectivity index (χ3v) is 2.37. The lowest BCUT2D eigenvalue weighted by Crippen LogP contribution is -2.19. The average Bonchev–Trinajstić information content (AvgIpc) is 2.43. The zero-order valence-corrected chi connectivity index (χ0v) is 6.77. The van der Waals surface area contributed by atoms with Crippen LogP contribution in [0.5, 0.6) is 0 Å². The van der Waals surface area contributed by atoms with E-state index in [-0.39, 0.29) is 0 Å². The minimum atomic E-state index is 0.432. The van der Waals surface area contributed by atoms with Crippen molar-refractivity contribution in [2.45, 2.75) is 25.8 Å². The fourth-order valence-corrected chi connectivity index (χ4v) is 1.40. The predicted octanol–water partition coefficient (Wildman–Crippen LogP) is 0.950. The van der Waals surface area contributed by atoms with Crippen molar-refractivity contribution in [3.8, 4) is 6.07 Å². The van der Waals surface area contributed by atoms with E-state index in [2.05, 4.69) is 10.1 Å². The largest absolute Gasteiger partial charge is 0.237 e. The Morgan fingerprint density at radius 1 is 1.67 bits per heavy atom. The maximum atomic E-state index is 8.64. The van der Waals surface area contributed by atoms with E-state index in [1.54, 1.807) is 4.68 Å². The second-order valence-electron chi connectivity index (χ2n) is 3.17. The SMILES string of the molecule is N#Cc1ncnn1CC1CCC1. The van der Waals surface area contributed by atoms with E-state index < -0.39 is 0 Å². The Labute approximate surface area is 70.8 Å². The van der Waals surface area contributed by atoms with Gasteiger partial charge < -0.3 is 0 Å². The Hall–Kier alpha value is -1.37. The van der Waals surface area contributed by atoms with Crippen LogP contribution < -0.4 is 0 Å². The molecule has 1 heterocycles. The lowest BCUT2D eigenvalue weighted by molar-refractivity contribution is 0.265. The number of aromatic nitrogens is 3. The van der Waals surface area contributed by atoms with Crippen LogP contribution in [0.2, 0.25) is 0 Å². The molecule has 1 saturated carbocycles. The lowest BCUT2D eigenvalue weighted by atomic mass is 9.85. The Morgan fingerprint density at radius 2 is 2.50 bits per heavy atom. The number of hydrogen-bond donors (Lipinski definition) is 0. The van der Waals surface area contributed by atoms with Crippen LogP contribution in [0.3, 0.4) is 0 Å². The first kappa shape index (κ1) is 7.29. The number of nitriles is 1. The molecule has 0 unspecified atom stereocenters. The molecule has 0 radical (unpaired) electrons. The zero-order chi connectivity index (χ0) is 8.39. The fraction of sp³-hybridized carbons (Fsp3) is 0.625. The first-order valence-electron chi connectivity index (χ1n) is 4.18. The first-order valence-corrected chi connectivity index (χ1v) is 4.18. The Morgan fingerprint density at radius 3 is 3.08 bits per heavy atom. The molecule has 0 saturated heterocycles. The van der Waals surface area contributed by atoms with Crippen LogP contribution in [0.1, 0.15) is 25.1 Å². The van der Waals surface area contributed by atoms with Gasteiger partial charge in [-0.15, -0.1) is 0 Å². The highest BCUT2D eigenvalue weighted by Gasteiger charge is 2.19. The molecule has 1 aromatic rings. The highest BCUT2D eigenvalue weighted by Crippen LogP contribution is 2.27. The summed E-state index contributed by atoms with van der Waals surface area (Å²) in [7, 11) is 0. The molecule has 0 N–H and O–H groups in total. The molecule has 0 amide bonds. The van der Waals surface area contributed by atoms with Crippen molar-refractivity contribution >= 4 is 0 Å². The van der Waals surface area contributed by atoms with Gasteiger partial charge in [0.15, 0.2) is 0 Å². The van der Waals surface area contributed by atoms with E-state index in [0.29, 0.717) is 5.82 Å². The van der Waals surface area contributed by atoms with E-state index in [0.717, 1.165) is 12.5 Å². The van der Waals surface area contributed by atoms with Gasteiger partial charge in [-0.25, -0.2) is 9.67 Å². The molecule has 12 heavy (non-hydrogen) atoms. The summed E-state index contributed by atoms with van der Waals surface area (Å²) >= 11 is 0. The molecule has 0 bridgehead atoms. The third kappa shape index (κ3) is 1.18. The van der Waals surface area contributed by atoms with Crippen LogP contribution in [0.15, 0.2) is 6.33 Å². The van der Waals surface area contributed by atoms with Crippen LogP contribution in [0, 0.1) is 17.2 Å². The van der Waals surface area contributed by atoms with Gasteiger partial charge >= 0.3 is 0 Å². The predicted molar refractivity (Wildman–Crippen MR) is 42.1 cm³/mol. The van der Waals surface area contributed by atoms with Gasteiger partial charge in [-0.1, -0.05) is 6.42 Å². The molecular weight excluding hydrogens is 152 g/mol. The summed E-state index contributed by atoms with van der Waals surface area (Å²) in [5.41, 5.74) is 0. The van der Waals surface area contributed by atoms with Crippen LogP contribution in [0.4, 0.5) is 0 Å². The van der Waals surface area contributed by atoms with E-state index >= 15 is 0 Å². The van der Waals surface area contributed by atoms with Crippen LogP contribution in [0.25, 0.3) is 0 Å². The minimum Gasteiger partial charge on any atom is -0.237 e. The summed E-state index contributed by atoms with van der Waals surface area (Å²) in [5.74, 6) is 1.15. The number of rotatable bonds is 2. The van der Waals surface area contributed by atoms with Crippen molar-refractivity contribution in [2.24, 2.45) is 5.92 Å². The quantitative estimate of drug-likeness (QED) is 0.650. The van der Waals surface area contributed by atoms with Crippen molar-refractivity contribution < 1.29 is 0 Å². The first-order chi connectivity index (χ1) is 5.90. The van der Waals surface area contributed by atoms with Crippen LogP contribution in [-0.4, -0.2) is 14.8 Å². The maximum absolute atomic E-state index is 8.64. The zero-order valence-electron chi connectivity index (χ0n) is 6.77. The van der Waals surface area contributed by atoms with Gasteiger partial charge in [-0.05, 0) is 18.8 Å². The summed E-state index contributed by atoms with van der Waals surface area (Å²) < 4.78 is 1.70. The van der Waals surface area contributed by atoms with E-state index in [1.807, 2.05) is 6.07 Å². The standard InChI is InChI=1S/C8H10N4/c9-4-8-10-6-11-12(8)5-7-2-1-3-7/h6-7H,1-3,5H2. The monoisotopic (exact) mass is 162 g/mol. The van der Waals surface area contributed by atoms with Crippen LogP contribution >= 0.6 is 0 Å². The fourth-order valence-electron chi connectivity index (χ4n) is 1.40. The highest BCUT2D eigenvalue weighted by molar-refractivity contribution is 5.07. The summed E-state index contributed by atoms with van der Waals surface area (Å²) in [6.45, 7) is 0.864. The van der Waals surface area contributed by atoms with Gasteiger partial charge in [0.25, 0.3) is 0 Å². The van der Waals surface area contributed by atoms with Crippen molar-refractivity contribution in [1.29, 1.82) is 5.26 Å². The molecule has 1 aliphatic rings. The average molecular weight is 162 g/mol. The molecule has 0 spiro atoms. The number of nitrogens with zero attached hydrogens (tertiary/aromatic N) is 4. The van der Waals surface area contributed by atoms with Crippen molar-refractivity contribution in [1.82, 2.24) is 14.8 Å². The van der Waals surface area contributed by atoms with E-state index in [4.69, 9.17) is 5.26 Å². The smallest absolute Gasteiger partial charge is 0.230 e. The lowest BCUT2D eigenvalue weighted by Gasteiger charge is -2.24. The second kappa shape index (κ2) is 2.94. The summed E-state index contributed by atoms with van der Waals surface area (Å²) in [6, 6.07) is 2.02. The van der Waals surface area contributed by atoms with Crippen molar-refractivity contribution in [3.05, 3.63) is 12.2 Å². The molecule has 2 rings (SSSR count). The summed E-state index contributed by atoms with van der Waals surface area (Å²) in [6.07, 6.45) is 5.30. The third-order valence-electron chi connectivity index (χ3n) is 2.37. The molecular formula is C8H10N4. The number of hydrogen-bond acceptors (Lipinski definition) is 3. The maximum Gasteiger partial charge on any atom is 0.230 e. The topological polar surface area (TPSA) is 54.5 Å². The molecule has 1 aromatic heterocycles. The molecule has 0 atom stereocenters.